The minimum atomic E-state index is -2.34. The van der Waals surface area contributed by atoms with Gasteiger partial charge in [0.2, 0.25) is 0 Å². The molecule has 3 radical (unpaired) electrons. The molecule has 49 heavy (non-hydrogen) atoms. The predicted octanol–water partition coefficient (Wildman–Crippen LogP) is 7.58. The molecule has 0 N–H and O–H groups in total. The van der Waals surface area contributed by atoms with Crippen molar-refractivity contribution < 1.29 is 44.7 Å². The highest BCUT2D eigenvalue weighted by molar-refractivity contribution is 6.81. The molecular formula is C34H47O11Si4. The van der Waals surface area contributed by atoms with Crippen LogP contribution in [0.5, 0.6) is 11.5 Å². The summed E-state index contributed by atoms with van der Waals surface area (Å²) in [5, 5.41) is 0.511. The molecule has 0 amide bonds. The van der Waals surface area contributed by atoms with E-state index in [1.165, 1.54) is 31.4 Å². The van der Waals surface area contributed by atoms with Gasteiger partial charge in [-0.1, -0.05) is 51.9 Å². The van der Waals surface area contributed by atoms with E-state index >= 15 is 0 Å². The van der Waals surface area contributed by atoms with E-state index in [0.717, 1.165) is 44.6 Å². The normalized spacial score (nSPS) is 15.9. The number of carbonyl (C=O) groups excluding carboxylic acids is 2. The molecule has 0 saturated carbocycles. The Labute approximate surface area is 294 Å². The van der Waals surface area contributed by atoms with Crippen LogP contribution in [0.4, 0.5) is 0 Å². The molecule has 15 heteroatoms. The number of fused-ring (bicyclic) bond motifs is 1. The summed E-state index contributed by atoms with van der Waals surface area (Å²) < 4.78 is 46.5. The molecule has 1 aliphatic rings. The average Bonchev–Trinajstić information content (AvgIpc) is 3.04. The first-order valence-corrected chi connectivity index (χ1v) is 25.0. The van der Waals surface area contributed by atoms with E-state index in [-0.39, 0.29) is 23.5 Å². The van der Waals surface area contributed by atoms with Crippen LogP contribution in [0.2, 0.25) is 32.2 Å². The quantitative estimate of drug-likeness (QED) is 0.0446. The smallest absolute Gasteiger partial charge is 0.362 e. The monoisotopic (exact) mass is 743 g/mol. The molecule has 265 valence electrons. The first-order chi connectivity index (χ1) is 23.5. The first-order valence-electron chi connectivity index (χ1n) is 17.0. The van der Waals surface area contributed by atoms with Crippen molar-refractivity contribution in [3.05, 3.63) is 70.1 Å². The third-order valence-electron chi connectivity index (χ3n) is 7.80. The molecule has 0 aliphatic carbocycles. The maximum atomic E-state index is 12.8. The summed E-state index contributed by atoms with van der Waals surface area (Å²) in [5.74, 6) is -0.419. The number of hydrogen-bond acceptors (Lipinski definition) is 11. The fraction of sp³-hybridized carbons (Fsp3) is 0.500. The molecule has 2 heterocycles. The fourth-order valence-electron chi connectivity index (χ4n) is 5.39. The highest BCUT2D eigenvalue weighted by atomic mass is 28.5. The Balaban J connectivity index is 1.20. The van der Waals surface area contributed by atoms with Crippen LogP contribution in [0, 0.1) is 0 Å². The van der Waals surface area contributed by atoms with E-state index in [1.807, 2.05) is 19.6 Å². The number of unbranched alkanes of at least 4 members (excludes halogenated alkanes) is 7. The highest BCUT2D eigenvalue weighted by Crippen LogP contribution is 2.24. The van der Waals surface area contributed by atoms with E-state index in [2.05, 4.69) is 13.5 Å². The predicted molar refractivity (Wildman–Crippen MR) is 193 cm³/mol. The van der Waals surface area contributed by atoms with Crippen molar-refractivity contribution in [3.63, 3.8) is 0 Å². The summed E-state index contributed by atoms with van der Waals surface area (Å²) in [7, 11) is -6.39. The molecular weight excluding hydrogens is 697 g/mol. The van der Waals surface area contributed by atoms with Crippen molar-refractivity contribution >= 4 is 59.3 Å². The molecule has 0 atom stereocenters. The third-order valence-corrected chi connectivity index (χ3v) is 19.4. The third kappa shape index (κ3) is 12.7. The van der Waals surface area contributed by atoms with Crippen LogP contribution in [0.1, 0.15) is 85.4 Å². The largest absolute Gasteiger partial charge is 0.494 e. The Bertz CT molecular complexity index is 1550. The first kappa shape index (κ1) is 38.9. The van der Waals surface area contributed by atoms with E-state index < -0.39 is 54.0 Å². The summed E-state index contributed by atoms with van der Waals surface area (Å²) in [4.78, 5) is 37.8. The van der Waals surface area contributed by atoms with Gasteiger partial charge < -0.3 is 35.1 Å². The molecule has 1 fully saturated rings. The molecule has 2 aromatic carbocycles. The van der Waals surface area contributed by atoms with Crippen LogP contribution in [0.15, 0.2) is 57.7 Å². The summed E-state index contributed by atoms with van der Waals surface area (Å²) in [6.45, 7) is 11.0. The van der Waals surface area contributed by atoms with E-state index in [4.69, 9.17) is 35.1 Å². The van der Waals surface area contributed by atoms with Gasteiger partial charge in [0.25, 0.3) is 0 Å². The van der Waals surface area contributed by atoms with E-state index in [1.54, 1.807) is 36.4 Å². The Hall–Kier alpha value is -2.90. The van der Waals surface area contributed by atoms with Gasteiger partial charge in [0.15, 0.2) is 0 Å². The zero-order valence-electron chi connectivity index (χ0n) is 29.1. The molecule has 1 aliphatic heterocycles. The van der Waals surface area contributed by atoms with Gasteiger partial charge in [-0.25, -0.2) is 14.4 Å². The number of carbonyl (C=O) groups is 2. The number of benzene rings is 2. The standard InChI is InChI=1S/C34H47O11Si4/c1-6-7-8-9-10-12-22-39-33(36)30-24-27-17-20-29(25-31(27)41-34(30)37)40-32(35)26-15-18-28(19-16-26)38-21-13-11-14-23-49(5)44-47(3)42-46(2)43-48(4)45-49/h15-20,24-25H,6-14,21-23H2,1-5H3. The van der Waals surface area contributed by atoms with Gasteiger partial charge in [-0.3, -0.25) is 0 Å². The fourth-order valence-corrected chi connectivity index (χ4v) is 17.4. The summed E-state index contributed by atoms with van der Waals surface area (Å²) in [5.41, 5.74) is -0.434. The number of esters is 2. The Kier molecular flexibility index (Phi) is 15.5. The van der Waals surface area contributed by atoms with Gasteiger partial charge in [0.05, 0.1) is 18.8 Å². The van der Waals surface area contributed by atoms with Gasteiger partial charge in [-0.05, 0) is 87.5 Å². The Morgan fingerprint density at radius 2 is 1.37 bits per heavy atom. The van der Waals surface area contributed by atoms with Crippen LogP contribution in [0.25, 0.3) is 11.0 Å². The topological polar surface area (TPSA) is 129 Å². The van der Waals surface area contributed by atoms with Crippen molar-refractivity contribution in [2.75, 3.05) is 13.2 Å². The SMILES string of the molecule is CCCCCCCCOC(=O)c1cc2ccc(OC(=O)c3ccc(OCCCCC[Si]4(C)O[Si](C)O[Si](C)O[Si](C)O4)cc3)cc2oc1=O. The second-order valence-corrected chi connectivity index (χ2v) is 21.1. The Morgan fingerprint density at radius 1 is 0.735 bits per heavy atom. The van der Waals surface area contributed by atoms with Gasteiger partial charge >= 0.3 is 54.0 Å². The van der Waals surface area contributed by atoms with Gasteiger partial charge in [-0.15, -0.1) is 0 Å². The summed E-state index contributed by atoms with van der Waals surface area (Å²) in [6, 6.07) is 13.7. The lowest BCUT2D eigenvalue weighted by Crippen LogP contribution is -2.52. The minimum absolute atomic E-state index is 0.163. The number of ether oxygens (including phenoxy) is 3. The summed E-state index contributed by atoms with van der Waals surface area (Å²) in [6.07, 6.45) is 9.18. The lowest BCUT2D eigenvalue weighted by molar-refractivity contribution is 0.0492. The van der Waals surface area contributed by atoms with Crippen molar-refractivity contribution in [3.8, 4) is 11.5 Å². The molecule has 1 aromatic heterocycles. The van der Waals surface area contributed by atoms with Crippen LogP contribution in [-0.4, -0.2) is 61.6 Å². The van der Waals surface area contributed by atoms with Crippen LogP contribution in [0.3, 0.4) is 0 Å². The maximum Gasteiger partial charge on any atom is 0.362 e. The molecule has 3 aromatic rings. The molecule has 4 rings (SSSR count). The lowest BCUT2D eigenvalue weighted by atomic mass is 10.1. The van der Waals surface area contributed by atoms with Crippen molar-refractivity contribution in [1.29, 1.82) is 0 Å². The van der Waals surface area contributed by atoms with Crippen molar-refractivity contribution in [1.82, 2.24) is 0 Å². The minimum Gasteiger partial charge on any atom is -0.494 e. The highest BCUT2D eigenvalue weighted by Gasteiger charge is 2.40. The van der Waals surface area contributed by atoms with E-state index in [9.17, 15) is 14.4 Å². The van der Waals surface area contributed by atoms with Crippen LogP contribution in [-0.2, 0) is 21.2 Å². The van der Waals surface area contributed by atoms with Crippen molar-refractivity contribution in [2.45, 2.75) is 96.9 Å². The Morgan fingerprint density at radius 3 is 2.08 bits per heavy atom. The van der Waals surface area contributed by atoms with Crippen molar-refractivity contribution in [2.24, 2.45) is 0 Å². The zero-order chi connectivity index (χ0) is 35.2. The van der Waals surface area contributed by atoms with E-state index in [0.29, 0.717) is 23.3 Å². The number of hydrogen-bond donors (Lipinski definition) is 0. The second-order valence-electron chi connectivity index (χ2n) is 12.1. The molecule has 0 bridgehead atoms. The maximum absolute atomic E-state index is 12.8. The average molecular weight is 744 g/mol. The molecule has 0 unspecified atom stereocenters. The van der Waals surface area contributed by atoms with Gasteiger partial charge in [-0.2, -0.15) is 0 Å². The molecule has 11 nitrogen and oxygen atoms in total. The van der Waals surface area contributed by atoms with Crippen LogP contribution >= 0.6 is 0 Å². The van der Waals surface area contributed by atoms with Gasteiger partial charge in [0.1, 0.15) is 22.6 Å². The number of rotatable bonds is 17. The molecule has 0 spiro atoms. The second kappa shape index (κ2) is 19.5. The zero-order valence-corrected chi connectivity index (χ0v) is 33.1. The molecule has 1 saturated heterocycles. The lowest BCUT2D eigenvalue weighted by Gasteiger charge is -2.35. The van der Waals surface area contributed by atoms with Crippen LogP contribution < -0.4 is 15.1 Å². The summed E-state index contributed by atoms with van der Waals surface area (Å²) >= 11 is 0. The van der Waals surface area contributed by atoms with Gasteiger partial charge in [0, 0.05) is 11.5 Å².